The smallest absolute Gasteiger partial charge is 0.251 e. The van der Waals surface area contributed by atoms with Crippen LogP contribution in [0.5, 0.6) is 11.5 Å². The van der Waals surface area contributed by atoms with Crippen LogP contribution in [0.1, 0.15) is 36.5 Å². The quantitative estimate of drug-likeness (QED) is 0.889. The van der Waals surface area contributed by atoms with Crippen LogP contribution in [0.2, 0.25) is 0 Å². The van der Waals surface area contributed by atoms with E-state index >= 15 is 0 Å². The highest BCUT2D eigenvalue weighted by Gasteiger charge is 2.41. The number of benzene rings is 1. The molecule has 0 aromatic heterocycles. The lowest BCUT2D eigenvalue weighted by Crippen LogP contribution is -2.53. The highest BCUT2D eigenvalue weighted by Crippen LogP contribution is 2.39. The maximum absolute atomic E-state index is 12.5. The summed E-state index contributed by atoms with van der Waals surface area (Å²) in [6, 6.07) is 5.32. The van der Waals surface area contributed by atoms with E-state index in [1.165, 1.54) is 0 Å². The van der Waals surface area contributed by atoms with Crippen LogP contribution >= 0.6 is 12.4 Å². The molecule has 1 aliphatic heterocycles. The second-order valence-electron chi connectivity index (χ2n) is 6.06. The minimum Gasteiger partial charge on any atom is -0.490 e. The van der Waals surface area contributed by atoms with Gasteiger partial charge in [-0.1, -0.05) is 0 Å². The molecule has 5 nitrogen and oxygen atoms in total. The minimum absolute atomic E-state index is 0. The first-order valence-corrected chi connectivity index (χ1v) is 7.54. The van der Waals surface area contributed by atoms with E-state index in [1.807, 2.05) is 6.92 Å². The van der Waals surface area contributed by atoms with Gasteiger partial charge in [0.25, 0.3) is 5.91 Å². The van der Waals surface area contributed by atoms with Gasteiger partial charge in [-0.15, -0.1) is 12.4 Å². The van der Waals surface area contributed by atoms with Crippen molar-refractivity contribution in [3.05, 3.63) is 23.8 Å². The first kappa shape index (κ1) is 16.9. The summed E-state index contributed by atoms with van der Waals surface area (Å²) in [7, 11) is 0. The van der Waals surface area contributed by atoms with Crippen molar-refractivity contribution < 1.29 is 14.3 Å². The third-order valence-corrected chi connectivity index (χ3v) is 4.31. The van der Waals surface area contributed by atoms with E-state index < -0.39 is 0 Å². The summed E-state index contributed by atoms with van der Waals surface area (Å²) in [6.45, 7) is 3.73. The van der Waals surface area contributed by atoms with Crippen LogP contribution in [-0.4, -0.2) is 31.2 Å². The Balaban J connectivity index is 0.00000176. The summed E-state index contributed by atoms with van der Waals surface area (Å²) >= 11 is 0. The second-order valence-corrected chi connectivity index (χ2v) is 6.06. The molecule has 3 N–H and O–H groups in total. The number of fused-ring (bicyclic) bond motifs is 1. The van der Waals surface area contributed by atoms with E-state index in [0.29, 0.717) is 42.7 Å². The average molecular weight is 327 g/mol. The molecule has 1 aliphatic carbocycles. The van der Waals surface area contributed by atoms with Gasteiger partial charge in [0.2, 0.25) is 0 Å². The van der Waals surface area contributed by atoms with E-state index in [9.17, 15) is 4.79 Å². The summed E-state index contributed by atoms with van der Waals surface area (Å²) in [6.07, 6.45) is 3.12. The van der Waals surface area contributed by atoms with Crippen LogP contribution in [0, 0.1) is 5.92 Å². The SMILES string of the molecule is CC(CN)(NC(=O)c1ccc2c(c1)OCCCO2)C1CC1.Cl. The third kappa shape index (κ3) is 3.47. The molecular formula is C16H23ClN2O3. The Labute approximate surface area is 137 Å². The van der Waals surface area contributed by atoms with Crippen LogP contribution in [-0.2, 0) is 0 Å². The predicted molar refractivity (Wildman–Crippen MR) is 86.9 cm³/mol. The molecule has 1 heterocycles. The van der Waals surface area contributed by atoms with E-state index in [2.05, 4.69) is 5.32 Å². The predicted octanol–water partition coefficient (Wildman–Crippen LogP) is 2.13. The third-order valence-electron chi connectivity index (χ3n) is 4.31. The zero-order chi connectivity index (χ0) is 14.9. The number of amides is 1. The molecule has 1 saturated carbocycles. The summed E-state index contributed by atoms with van der Waals surface area (Å²) in [4.78, 5) is 12.5. The normalized spacial score (nSPS) is 19.4. The van der Waals surface area contributed by atoms with Gasteiger partial charge in [0.1, 0.15) is 0 Å². The van der Waals surface area contributed by atoms with Crippen molar-refractivity contribution in [2.24, 2.45) is 11.7 Å². The fraction of sp³-hybridized carbons (Fsp3) is 0.562. The molecule has 1 aromatic rings. The maximum Gasteiger partial charge on any atom is 0.251 e. The number of nitrogens with two attached hydrogens (primary N) is 1. The van der Waals surface area contributed by atoms with Gasteiger partial charge in [-0.05, 0) is 43.9 Å². The summed E-state index contributed by atoms with van der Waals surface area (Å²) in [5.74, 6) is 1.73. The zero-order valence-electron chi connectivity index (χ0n) is 12.8. The number of halogens is 1. The van der Waals surface area contributed by atoms with Gasteiger partial charge in [-0.2, -0.15) is 0 Å². The van der Waals surface area contributed by atoms with E-state index in [-0.39, 0.29) is 23.9 Å². The van der Waals surface area contributed by atoms with Crippen molar-refractivity contribution in [2.75, 3.05) is 19.8 Å². The molecule has 0 spiro atoms. The van der Waals surface area contributed by atoms with Gasteiger partial charge in [-0.25, -0.2) is 0 Å². The lowest BCUT2D eigenvalue weighted by Gasteiger charge is -2.29. The van der Waals surface area contributed by atoms with Crippen LogP contribution in [0.3, 0.4) is 0 Å². The van der Waals surface area contributed by atoms with Crippen LogP contribution in [0.15, 0.2) is 18.2 Å². The van der Waals surface area contributed by atoms with Crippen LogP contribution < -0.4 is 20.5 Å². The van der Waals surface area contributed by atoms with Gasteiger partial charge in [0.15, 0.2) is 11.5 Å². The second kappa shape index (κ2) is 6.75. The molecule has 0 radical (unpaired) electrons. The summed E-state index contributed by atoms with van der Waals surface area (Å²) < 4.78 is 11.2. The first-order valence-electron chi connectivity index (χ1n) is 7.54. The largest absolute Gasteiger partial charge is 0.490 e. The number of rotatable bonds is 4. The Morgan fingerprint density at radius 2 is 2.00 bits per heavy atom. The Bertz CT molecular complexity index is 548. The summed E-state index contributed by atoms with van der Waals surface area (Å²) in [5, 5.41) is 3.08. The molecule has 0 bridgehead atoms. The highest BCUT2D eigenvalue weighted by molar-refractivity contribution is 5.95. The van der Waals surface area contributed by atoms with Crippen molar-refractivity contribution in [1.29, 1.82) is 0 Å². The van der Waals surface area contributed by atoms with Gasteiger partial charge >= 0.3 is 0 Å². The Morgan fingerprint density at radius 1 is 1.32 bits per heavy atom. The van der Waals surface area contributed by atoms with E-state index in [1.54, 1.807) is 18.2 Å². The molecule has 2 aliphatic rings. The number of ether oxygens (including phenoxy) is 2. The number of carbonyl (C=O) groups excluding carboxylic acids is 1. The molecule has 22 heavy (non-hydrogen) atoms. The Kier molecular flexibility index (Phi) is 5.19. The topological polar surface area (TPSA) is 73.6 Å². The molecule has 6 heteroatoms. The lowest BCUT2D eigenvalue weighted by molar-refractivity contribution is 0.0897. The van der Waals surface area contributed by atoms with Gasteiger partial charge in [0.05, 0.1) is 18.8 Å². The minimum atomic E-state index is -0.318. The fourth-order valence-corrected chi connectivity index (χ4v) is 2.68. The highest BCUT2D eigenvalue weighted by atomic mass is 35.5. The fourth-order valence-electron chi connectivity index (χ4n) is 2.68. The molecule has 0 saturated heterocycles. The number of nitrogens with one attached hydrogen (secondary N) is 1. The molecule has 1 fully saturated rings. The Hall–Kier alpha value is -1.46. The molecule has 122 valence electrons. The van der Waals surface area contributed by atoms with Gasteiger partial charge in [0, 0.05) is 18.5 Å². The number of carbonyl (C=O) groups is 1. The van der Waals surface area contributed by atoms with E-state index in [0.717, 1.165) is 19.3 Å². The monoisotopic (exact) mass is 326 g/mol. The van der Waals surface area contributed by atoms with Crippen LogP contribution in [0.4, 0.5) is 0 Å². The maximum atomic E-state index is 12.5. The van der Waals surface area contributed by atoms with Crippen LogP contribution in [0.25, 0.3) is 0 Å². The average Bonchev–Trinajstić information content (AvgIpc) is 3.33. The van der Waals surface area contributed by atoms with Crippen molar-refractivity contribution in [1.82, 2.24) is 5.32 Å². The molecule has 1 amide bonds. The van der Waals surface area contributed by atoms with Crippen molar-refractivity contribution in [2.45, 2.75) is 31.7 Å². The van der Waals surface area contributed by atoms with Crippen molar-refractivity contribution >= 4 is 18.3 Å². The van der Waals surface area contributed by atoms with Gasteiger partial charge < -0.3 is 20.5 Å². The molecule has 1 unspecified atom stereocenters. The van der Waals surface area contributed by atoms with Crippen molar-refractivity contribution in [3.8, 4) is 11.5 Å². The first-order chi connectivity index (χ1) is 10.1. The molecule has 1 atom stereocenters. The Morgan fingerprint density at radius 3 is 2.64 bits per heavy atom. The lowest BCUT2D eigenvalue weighted by atomic mass is 9.95. The van der Waals surface area contributed by atoms with E-state index in [4.69, 9.17) is 15.2 Å². The molecule has 3 rings (SSSR count). The zero-order valence-corrected chi connectivity index (χ0v) is 13.6. The molecular weight excluding hydrogens is 304 g/mol. The standard InChI is InChI=1S/C16H22N2O3.ClH/c1-16(10-17,12-4-5-12)18-15(19)11-3-6-13-14(9-11)21-8-2-7-20-13;/h3,6,9,12H,2,4-5,7-8,10,17H2,1H3,(H,18,19);1H. The summed E-state index contributed by atoms with van der Waals surface area (Å²) in [5.41, 5.74) is 6.11. The number of hydrogen-bond donors (Lipinski definition) is 2. The molecule has 1 aromatic carbocycles. The van der Waals surface area contributed by atoms with Gasteiger partial charge in [-0.3, -0.25) is 4.79 Å². The number of hydrogen-bond acceptors (Lipinski definition) is 4. The van der Waals surface area contributed by atoms with Crippen molar-refractivity contribution in [3.63, 3.8) is 0 Å².